The molecule has 0 bridgehead atoms. The van der Waals surface area contributed by atoms with Crippen LogP contribution in [0.5, 0.6) is 0 Å². The molecule has 0 aliphatic heterocycles. The van der Waals surface area contributed by atoms with Crippen LogP contribution in [0.4, 0.5) is 0 Å². The van der Waals surface area contributed by atoms with E-state index in [0.717, 1.165) is 10.9 Å². The smallest absolute Gasteiger partial charge is 0.344 e. The van der Waals surface area contributed by atoms with Gasteiger partial charge in [-0.15, -0.1) is 0 Å². The second kappa shape index (κ2) is 8.03. The number of aromatic nitrogens is 1. The van der Waals surface area contributed by atoms with Crippen molar-refractivity contribution in [2.75, 3.05) is 13.2 Å². The number of amides is 1. The minimum absolute atomic E-state index is 0.0696. The van der Waals surface area contributed by atoms with E-state index >= 15 is 0 Å². The monoisotopic (exact) mass is 360 g/mol. The third-order valence-corrected chi connectivity index (χ3v) is 4.31. The Morgan fingerprint density at radius 1 is 1.12 bits per heavy atom. The Labute approximate surface area is 152 Å². The molecule has 0 unspecified atom stereocenters. The van der Waals surface area contributed by atoms with Crippen LogP contribution in [0.2, 0.25) is 0 Å². The second-order valence-electron chi connectivity index (χ2n) is 5.94. The maximum atomic E-state index is 12.8. The number of rotatable bonds is 7. The lowest BCUT2D eigenvalue weighted by molar-refractivity contribution is -0.169. The van der Waals surface area contributed by atoms with Crippen molar-refractivity contribution in [2.45, 2.75) is 39.2 Å². The van der Waals surface area contributed by atoms with E-state index in [4.69, 9.17) is 9.47 Å². The van der Waals surface area contributed by atoms with Gasteiger partial charge in [0.15, 0.2) is 0 Å². The van der Waals surface area contributed by atoms with Gasteiger partial charge in [0.05, 0.1) is 13.2 Å². The molecule has 2 aromatic rings. The van der Waals surface area contributed by atoms with Crippen LogP contribution in [-0.4, -0.2) is 41.6 Å². The first-order valence-corrected chi connectivity index (χ1v) is 8.57. The molecule has 0 aliphatic rings. The van der Waals surface area contributed by atoms with Crippen LogP contribution in [0.3, 0.4) is 0 Å². The molecule has 1 amide bonds. The van der Waals surface area contributed by atoms with E-state index in [1.54, 1.807) is 27.0 Å². The van der Waals surface area contributed by atoms with Crippen LogP contribution in [0, 0.1) is 0 Å². The summed E-state index contributed by atoms with van der Waals surface area (Å²) in [7, 11) is 0. The highest BCUT2D eigenvalue weighted by Gasteiger charge is 2.55. The largest absolute Gasteiger partial charge is 0.464 e. The van der Waals surface area contributed by atoms with Crippen molar-refractivity contribution >= 4 is 28.7 Å². The predicted octanol–water partition coefficient (Wildman–Crippen LogP) is 2.27. The number of aromatic amines is 1. The maximum absolute atomic E-state index is 12.8. The molecule has 1 heterocycles. The molecule has 0 saturated heterocycles. The summed E-state index contributed by atoms with van der Waals surface area (Å²) in [4.78, 5) is 40.7. The third kappa shape index (κ3) is 3.42. The molecule has 0 radical (unpaired) electrons. The van der Waals surface area contributed by atoms with Crippen molar-refractivity contribution in [1.82, 2.24) is 10.3 Å². The quantitative estimate of drug-likeness (QED) is 0.583. The topological polar surface area (TPSA) is 97.5 Å². The minimum Gasteiger partial charge on any atom is -0.464 e. The molecular weight excluding hydrogens is 336 g/mol. The van der Waals surface area contributed by atoms with Gasteiger partial charge < -0.3 is 19.8 Å². The van der Waals surface area contributed by atoms with Crippen molar-refractivity contribution in [2.24, 2.45) is 0 Å². The van der Waals surface area contributed by atoms with Gasteiger partial charge in [0.1, 0.15) is 0 Å². The molecular formula is C19H24N2O5. The van der Waals surface area contributed by atoms with E-state index < -0.39 is 29.3 Å². The highest BCUT2D eigenvalue weighted by atomic mass is 16.6. The van der Waals surface area contributed by atoms with Gasteiger partial charge in [-0.25, -0.2) is 9.59 Å². The maximum Gasteiger partial charge on any atom is 0.344 e. The number of hydrogen-bond donors (Lipinski definition) is 2. The van der Waals surface area contributed by atoms with Crippen LogP contribution >= 0.6 is 0 Å². The average molecular weight is 360 g/mol. The molecule has 7 nitrogen and oxygen atoms in total. The number of carbonyl (C=O) groups is 3. The number of para-hydroxylation sites is 1. The normalized spacial score (nSPS) is 12.5. The van der Waals surface area contributed by atoms with Crippen LogP contribution in [0.1, 0.15) is 39.2 Å². The van der Waals surface area contributed by atoms with Gasteiger partial charge in [0.25, 0.3) is 0 Å². The van der Waals surface area contributed by atoms with Crippen molar-refractivity contribution in [3.05, 3.63) is 36.0 Å². The third-order valence-electron chi connectivity index (χ3n) is 4.31. The van der Waals surface area contributed by atoms with E-state index in [1.165, 1.54) is 6.92 Å². The summed E-state index contributed by atoms with van der Waals surface area (Å²) >= 11 is 0. The Kier molecular flexibility index (Phi) is 6.02. The Morgan fingerprint density at radius 2 is 1.69 bits per heavy atom. The first kappa shape index (κ1) is 19.5. The molecule has 1 atom stereocenters. The first-order chi connectivity index (χ1) is 12.4. The van der Waals surface area contributed by atoms with Crippen LogP contribution in [-0.2, 0) is 23.9 Å². The Balaban J connectivity index is 2.64. The van der Waals surface area contributed by atoms with Crippen LogP contribution < -0.4 is 5.32 Å². The van der Waals surface area contributed by atoms with Crippen molar-refractivity contribution in [1.29, 1.82) is 0 Å². The summed E-state index contributed by atoms with van der Waals surface area (Å²) in [6.07, 6.45) is 1.73. The van der Waals surface area contributed by atoms with E-state index in [0.29, 0.717) is 5.56 Å². The molecule has 140 valence electrons. The van der Waals surface area contributed by atoms with E-state index in [2.05, 4.69) is 10.3 Å². The number of ether oxygens (including phenoxy) is 2. The predicted molar refractivity (Wildman–Crippen MR) is 96.5 cm³/mol. The van der Waals surface area contributed by atoms with Gasteiger partial charge in [0.2, 0.25) is 11.4 Å². The van der Waals surface area contributed by atoms with Crippen molar-refractivity contribution < 1.29 is 23.9 Å². The SMILES string of the molecule is CCOC(=O)C(NC(C)=O)(C(=O)OCC)[C@@H](C)c1c[nH]c2ccccc12. The summed E-state index contributed by atoms with van der Waals surface area (Å²) in [6, 6.07) is 7.51. The van der Waals surface area contributed by atoms with Gasteiger partial charge in [-0.1, -0.05) is 25.1 Å². The number of nitrogens with one attached hydrogen (secondary N) is 2. The Bertz CT molecular complexity index is 793. The highest BCUT2D eigenvalue weighted by molar-refractivity contribution is 6.09. The lowest BCUT2D eigenvalue weighted by atomic mass is 9.79. The number of fused-ring (bicyclic) bond motifs is 1. The van der Waals surface area contributed by atoms with E-state index in [-0.39, 0.29) is 13.2 Å². The zero-order valence-corrected chi connectivity index (χ0v) is 15.4. The molecule has 26 heavy (non-hydrogen) atoms. The molecule has 0 aliphatic carbocycles. The molecule has 0 fully saturated rings. The summed E-state index contributed by atoms with van der Waals surface area (Å²) in [5, 5.41) is 3.36. The van der Waals surface area contributed by atoms with Crippen LogP contribution in [0.25, 0.3) is 10.9 Å². The van der Waals surface area contributed by atoms with Gasteiger partial charge in [-0.2, -0.15) is 0 Å². The number of carbonyl (C=O) groups excluding carboxylic acids is 3. The minimum atomic E-state index is -1.97. The average Bonchev–Trinajstić information content (AvgIpc) is 3.03. The van der Waals surface area contributed by atoms with Gasteiger partial charge in [0, 0.05) is 29.9 Å². The summed E-state index contributed by atoms with van der Waals surface area (Å²) < 4.78 is 10.3. The van der Waals surface area contributed by atoms with Crippen molar-refractivity contribution in [3.8, 4) is 0 Å². The lowest BCUT2D eigenvalue weighted by Gasteiger charge is -2.34. The van der Waals surface area contributed by atoms with Gasteiger partial charge in [-0.05, 0) is 25.5 Å². The highest BCUT2D eigenvalue weighted by Crippen LogP contribution is 2.35. The number of benzene rings is 1. The molecule has 2 rings (SSSR count). The molecule has 0 saturated carbocycles. The van der Waals surface area contributed by atoms with E-state index in [1.807, 2.05) is 24.3 Å². The molecule has 7 heteroatoms. The standard InChI is InChI=1S/C19H24N2O5/c1-5-25-17(23)19(21-13(4)22,18(24)26-6-2)12(3)15-11-20-16-10-8-7-9-14(15)16/h7-12,20H,5-6H2,1-4H3,(H,21,22)/t12-/m0/s1. The fourth-order valence-corrected chi connectivity index (χ4v) is 3.10. The fraction of sp³-hybridized carbons (Fsp3) is 0.421. The fourth-order valence-electron chi connectivity index (χ4n) is 3.10. The molecule has 2 N–H and O–H groups in total. The van der Waals surface area contributed by atoms with Gasteiger partial charge >= 0.3 is 11.9 Å². The summed E-state index contributed by atoms with van der Waals surface area (Å²) in [6.45, 7) is 6.35. The zero-order chi connectivity index (χ0) is 19.3. The molecule has 1 aromatic heterocycles. The number of esters is 2. The Hall–Kier alpha value is -2.83. The molecule has 0 spiro atoms. The second-order valence-corrected chi connectivity index (χ2v) is 5.94. The Morgan fingerprint density at radius 3 is 2.23 bits per heavy atom. The first-order valence-electron chi connectivity index (χ1n) is 8.57. The zero-order valence-electron chi connectivity index (χ0n) is 15.4. The number of H-pyrrole nitrogens is 1. The lowest BCUT2D eigenvalue weighted by Crippen LogP contribution is -2.64. The summed E-state index contributed by atoms with van der Waals surface area (Å²) in [5.41, 5.74) is -0.405. The summed E-state index contributed by atoms with van der Waals surface area (Å²) in [5.74, 6) is -2.93. The molecule has 1 aromatic carbocycles. The number of hydrogen-bond acceptors (Lipinski definition) is 5. The van der Waals surface area contributed by atoms with Gasteiger partial charge in [-0.3, -0.25) is 4.79 Å². The van der Waals surface area contributed by atoms with Crippen molar-refractivity contribution in [3.63, 3.8) is 0 Å². The van der Waals surface area contributed by atoms with E-state index in [9.17, 15) is 14.4 Å². The van der Waals surface area contributed by atoms with Crippen LogP contribution in [0.15, 0.2) is 30.5 Å².